The molecule has 1 aromatic carbocycles. The third-order valence-corrected chi connectivity index (χ3v) is 5.65. The molecule has 0 saturated carbocycles. The number of hydrogen-bond donors (Lipinski definition) is 1. The Morgan fingerprint density at radius 3 is 2.71 bits per heavy atom. The quantitative estimate of drug-likeness (QED) is 0.593. The van der Waals surface area contributed by atoms with Gasteiger partial charge in [0.1, 0.15) is 0 Å². The number of aryl methyl sites for hydroxylation is 1. The van der Waals surface area contributed by atoms with Crippen molar-refractivity contribution in [1.29, 1.82) is 0 Å². The fraction of sp³-hybridized carbons (Fsp3) is 0.360. The Bertz CT molecular complexity index is 1010. The zero-order chi connectivity index (χ0) is 21.5. The van der Waals surface area contributed by atoms with E-state index in [1.807, 2.05) is 55.6 Å². The van der Waals surface area contributed by atoms with Crippen LogP contribution in [0.1, 0.15) is 36.6 Å². The second-order valence-corrected chi connectivity index (χ2v) is 7.75. The molecule has 0 aliphatic heterocycles. The highest BCUT2D eigenvalue weighted by molar-refractivity contribution is 5.78. The minimum absolute atomic E-state index is 0.0299. The molecular weight excluding hydrogens is 388 g/mol. The van der Waals surface area contributed by atoms with Crippen molar-refractivity contribution in [2.75, 3.05) is 13.2 Å². The third kappa shape index (κ3) is 5.26. The first-order chi connectivity index (χ1) is 15.2. The summed E-state index contributed by atoms with van der Waals surface area (Å²) < 4.78 is 5.87. The molecule has 1 unspecified atom stereocenters. The van der Waals surface area contributed by atoms with Crippen molar-refractivity contribution in [1.82, 2.24) is 20.3 Å². The van der Waals surface area contributed by atoms with Crippen LogP contribution >= 0.6 is 0 Å². The molecule has 2 aromatic heterocycles. The molecule has 4 rings (SSSR count). The Balaban J connectivity index is 1.44. The van der Waals surface area contributed by atoms with E-state index < -0.39 is 0 Å². The molecule has 0 radical (unpaired) electrons. The van der Waals surface area contributed by atoms with Gasteiger partial charge in [0.15, 0.2) is 5.82 Å². The van der Waals surface area contributed by atoms with Gasteiger partial charge in [-0.2, -0.15) is 4.98 Å². The standard InChI is InChI=1S/C25H28N4O2/c1-2-31-25-21-12-10-20(24(30)27-16-14-18-7-6-15-26-17-18)11-13-22(21)28-23(29-25)19-8-4-3-5-9-19/h3-9,15,17,20H,2,10-14,16H2,1H3,(H,27,30). The molecule has 1 aliphatic rings. The molecule has 1 amide bonds. The van der Waals surface area contributed by atoms with Crippen molar-refractivity contribution in [3.8, 4) is 17.3 Å². The summed E-state index contributed by atoms with van der Waals surface area (Å²) in [4.78, 5) is 26.5. The minimum atomic E-state index is -0.0299. The molecule has 1 N–H and O–H groups in total. The maximum Gasteiger partial charge on any atom is 0.223 e. The van der Waals surface area contributed by atoms with Crippen molar-refractivity contribution in [2.24, 2.45) is 5.92 Å². The van der Waals surface area contributed by atoms with Crippen LogP contribution in [0.15, 0.2) is 54.9 Å². The zero-order valence-electron chi connectivity index (χ0n) is 17.9. The van der Waals surface area contributed by atoms with Gasteiger partial charge in [0.05, 0.1) is 12.3 Å². The largest absolute Gasteiger partial charge is 0.478 e. The smallest absolute Gasteiger partial charge is 0.223 e. The monoisotopic (exact) mass is 416 g/mol. The Labute approximate surface area is 183 Å². The predicted molar refractivity (Wildman–Crippen MR) is 120 cm³/mol. The van der Waals surface area contributed by atoms with Gasteiger partial charge in [-0.05, 0) is 50.7 Å². The van der Waals surface area contributed by atoms with E-state index >= 15 is 0 Å². The molecule has 6 heteroatoms. The molecule has 6 nitrogen and oxygen atoms in total. The Kier molecular flexibility index (Phi) is 6.87. The Morgan fingerprint density at radius 1 is 1.10 bits per heavy atom. The van der Waals surface area contributed by atoms with Crippen molar-refractivity contribution in [2.45, 2.75) is 39.0 Å². The minimum Gasteiger partial charge on any atom is -0.478 e. The van der Waals surface area contributed by atoms with Crippen molar-refractivity contribution in [3.63, 3.8) is 0 Å². The summed E-state index contributed by atoms with van der Waals surface area (Å²) in [6.45, 7) is 3.14. The van der Waals surface area contributed by atoms with E-state index in [4.69, 9.17) is 14.7 Å². The fourth-order valence-electron chi connectivity index (χ4n) is 3.99. The van der Waals surface area contributed by atoms with Crippen molar-refractivity contribution >= 4 is 5.91 Å². The molecule has 31 heavy (non-hydrogen) atoms. The molecule has 0 fully saturated rings. The topological polar surface area (TPSA) is 77.0 Å². The van der Waals surface area contributed by atoms with Gasteiger partial charge in [-0.15, -0.1) is 0 Å². The van der Waals surface area contributed by atoms with Gasteiger partial charge in [-0.25, -0.2) is 4.98 Å². The van der Waals surface area contributed by atoms with E-state index in [0.29, 0.717) is 24.9 Å². The summed E-state index contributed by atoms with van der Waals surface area (Å²) in [6, 6.07) is 13.9. The van der Waals surface area contributed by atoms with Crippen LogP contribution in [0.2, 0.25) is 0 Å². The van der Waals surface area contributed by atoms with E-state index in [2.05, 4.69) is 10.3 Å². The van der Waals surface area contributed by atoms with Crippen LogP contribution in [0.3, 0.4) is 0 Å². The van der Waals surface area contributed by atoms with Gasteiger partial charge in [-0.3, -0.25) is 9.78 Å². The first kappa shape index (κ1) is 21.0. The van der Waals surface area contributed by atoms with Crippen LogP contribution in [0.4, 0.5) is 0 Å². The highest BCUT2D eigenvalue weighted by atomic mass is 16.5. The van der Waals surface area contributed by atoms with Gasteiger partial charge in [0.25, 0.3) is 0 Å². The molecule has 0 saturated heterocycles. The molecule has 3 aromatic rings. The van der Waals surface area contributed by atoms with E-state index in [9.17, 15) is 4.79 Å². The first-order valence-electron chi connectivity index (χ1n) is 11.0. The number of aromatic nitrogens is 3. The number of pyridine rings is 1. The highest BCUT2D eigenvalue weighted by Crippen LogP contribution is 2.31. The Hall–Kier alpha value is -3.28. The second kappa shape index (κ2) is 10.2. The molecule has 0 bridgehead atoms. The maximum atomic E-state index is 12.8. The molecule has 160 valence electrons. The lowest BCUT2D eigenvalue weighted by Gasteiger charge is -2.14. The van der Waals surface area contributed by atoms with Gasteiger partial charge in [-0.1, -0.05) is 36.4 Å². The predicted octanol–water partition coefficient (Wildman–Crippen LogP) is 3.79. The molecule has 2 heterocycles. The molecule has 1 aliphatic carbocycles. The number of ether oxygens (including phenoxy) is 1. The van der Waals surface area contributed by atoms with Crippen molar-refractivity contribution in [3.05, 3.63) is 71.7 Å². The molecular formula is C25H28N4O2. The first-order valence-corrected chi connectivity index (χ1v) is 11.0. The van der Waals surface area contributed by atoms with Gasteiger partial charge >= 0.3 is 0 Å². The van der Waals surface area contributed by atoms with E-state index in [-0.39, 0.29) is 11.8 Å². The van der Waals surface area contributed by atoms with E-state index in [1.54, 1.807) is 6.20 Å². The number of nitrogens with zero attached hydrogens (tertiary/aromatic N) is 3. The molecule has 1 atom stereocenters. The fourth-order valence-corrected chi connectivity index (χ4v) is 3.99. The summed E-state index contributed by atoms with van der Waals surface area (Å²) >= 11 is 0. The average Bonchev–Trinajstić information content (AvgIpc) is 3.03. The number of rotatable bonds is 7. The van der Waals surface area contributed by atoms with Crippen LogP contribution in [0.5, 0.6) is 5.88 Å². The number of hydrogen-bond acceptors (Lipinski definition) is 5. The number of nitrogens with one attached hydrogen (secondary N) is 1. The summed E-state index contributed by atoms with van der Waals surface area (Å²) in [6.07, 6.45) is 7.44. The normalized spacial score (nSPS) is 15.6. The Morgan fingerprint density at radius 2 is 1.94 bits per heavy atom. The van der Waals surface area contributed by atoms with Gasteiger partial charge in [0.2, 0.25) is 11.8 Å². The lowest BCUT2D eigenvalue weighted by atomic mass is 9.98. The summed E-state index contributed by atoms with van der Waals surface area (Å²) in [5.41, 5.74) is 4.15. The number of carbonyl (C=O) groups excluding carboxylic acids is 1. The second-order valence-electron chi connectivity index (χ2n) is 7.75. The van der Waals surface area contributed by atoms with Crippen LogP contribution in [-0.4, -0.2) is 34.0 Å². The SMILES string of the molecule is CCOc1nc(-c2ccccc2)nc2c1CCC(C(=O)NCCc1cccnc1)CC2. The van der Waals surface area contributed by atoms with E-state index in [1.165, 1.54) is 0 Å². The number of amides is 1. The zero-order valence-corrected chi connectivity index (χ0v) is 17.9. The van der Waals surface area contributed by atoms with Gasteiger partial charge in [0, 0.05) is 36.0 Å². The van der Waals surface area contributed by atoms with Crippen LogP contribution in [-0.2, 0) is 24.1 Å². The van der Waals surface area contributed by atoms with Crippen LogP contribution in [0.25, 0.3) is 11.4 Å². The lowest BCUT2D eigenvalue weighted by Crippen LogP contribution is -2.32. The number of carbonyl (C=O) groups is 1. The summed E-state index contributed by atoms with van der Waals surface area (Å²) in [5, 5.41) is 3.10. The average molecular weight is 417 g/mol. The highest BCUT2D eigenvalue weighted by Gasteiger charge is 2.26. The van der Waals surface area contributed by atoms with Crippen LogP contribution < -0.4 is 10.1 Å². The van der Waals surface area contributed by atoms with Gasteiger partial charge < -0.3 is 10.1 Å². The summed E-state index contributed by atoms with van der Waals surface area (Å²) in [5.74, 6) is 1.43. The van der Waals surface area contributed by atoms with E-state index in [0.717, 1.165) is 54.5 Å². The summed E-state index contributed by atoms with van der Waals surface area (Å²) in [7, 11) is 0. The van der Waals surface area contributed by atoms with Crippen LogP contribution in [0, 0.1) is 5.92 Å². The molecule has 0 spiro atoms. The number of fused-ring (bicyclic) bond motifs is 1. The van der Waals surface area contributed by atoms with Crippen molar-refractivity contribution < 1.29 is 9.53 Å². The maximum absolute atomic E-state index is 12.8. The third-order valence-electron chi connectivity index (χ3n) is 5.65. The lowest BCUT2D eigenvalue weighted by molar-refractivity contribution is -0.125. The number of benzene rings is 1.